The second-order valence-electron chi connectivity index (χ2n) is 17.7. The van der Waals surface area contributed by atoms with E-state index < -0.39 is 83.5 Å². The molecule has 308 valence electrons. The lowest BCUT2D eigenvalue weighted by atomic mass is 9.83. The molecule has 4 aliphatic rings. The number of ether oxygens (including phenoxy) is 2. The number of amides is 6. The molecule has 0 aromatic heterocycles. The Morgan fingerprint density at radius 3 is 2.20 bits per heavy atom. The van der Waals surface area contributed by atoms with Crippen LogP contribution in [0.15, 0.2) is 30.3 Å². The first-order valence-electron chi connectivity index (χ1n) is 20.0. The van der Waals surface area contributed by atoms with Crippen LogP contribution in [0.25, 0.3) is 0 Å². The minimum absolute atomic E-state index is 0.126. The highest BCUT2D eigenvalue weighted by Gasteiger charge is 2.56. The fraction of sp³-hybridized carbons (Fsp3) is 0.683. The number of benzene rings is 1. The SMILES string of the molecule is CN(C)C(=O)[C@@H](NC(=O)CNC(=O)C(=O)C(CC1CC1)NC(=O)[C@@H]1C2CC(C)(C)O[C@H]2CN1C(=O)[C@@H](NC(=O)OC(C)(C)C)C1CCCCC1)c1ccccc1. The summed E-state index contributed by atoms with van der Waals surface area (Å²) >= 11 is 0. The van der Waals surface area contributed by atoms with Gasteiger partial charge >= 0.3 is 6.09 Å². The summed E-state index contributed by atoms with van der Waals surface area (Å²) in [7, 11) is 3.13. The molecule has 15 nitrogen and oxygen atoms in total. The van der Waals surface area contributed by atoms with Gasteiger partial charge in [-0.15, -0.1) is 0 Å². The molecular formula is C41H60N6O9. The van der Waals surface area contributed by atoms with Crippen LogP contribution < -0.4 is 21.3 Å². The Balaban J connectivity index is 1.31. The van der Waals surface area contributed by atoms with Gasteiger partial charge in [-0.1, -0.05) is 62.4 Å². The fourth-order valence-corrected chi connectivity index (χ4v) is 8.28. The zero-order valence-corrected chi connectivity index (χ0v) is 33.9. The predicted octanol–water partition coefficient (Wildman–Crippen LogP) is 2.77. The van der Waals surface area contributed by atoms with Crippen molar-refractivity contribution in [2.75, 3.05) is 27.2 Å². The Kier molecular flexibility index (Phi) is 13.5. The van der Waals surface area contributed by atoms with Gasteiger partial charge in [-0.05, 0) is 77.7 Å². The molecule has 5 rings (SSSR count). The Morgan fingerprint density at radius 1 is 0.929 bits per heavy atom. The topological polar surface area (TPSA) is 193 Å². The first-order valence-corrected chi connectivity index (χ1v) is 20.0. The number of hydrogen-bond donors (Lipinski definition) is 4. The van der Waals surface area contributed by atoms with E-state index in [2.05, 4.69) is 21.3 Å². The van der Waals surface area contributed by atoms with Crippen LogP contribution in [0.2, 0.25) is 0 Å². The van der Waals surface area contributed by atoms with E-state index in [1.165, 1.54) is 9.80 Å². The number of hydrogen-bond acceptors (Lipinski definition) is 9. The molecule has 1 aromatic rings. The zero-order valence-electron chi connectivity index (χ0n) is 33.9. The number of nitrogens with zero attached hydrogens (tertiary/aromatic N) is 2. The molecule has 6 atom stereocenters. The first-order chi connectivity index (χ1) is 26.3. The molecular weight excluding hydrogens is 720 g/mol. The van der Waals surface area contributed by atoms with E-state index in [0.717, 1.165) is 44.9 Å². The van der Waals surface area contributed by atoms with Crippen molar-refractivity contribution in [3.8, 4) is 0 Å². The van der Waals surface area contributed by atoms with Crippen molar-refractivity contribution in [1.29, 1.82) is 0 Å². The van der Waals surface area contributed by atoms with Crippen LogP contribution in [-0.2, 0) is 38.2 Å². The molecule has 6 amide bonds. The van der Waals surface area contributed by atoms with Crippen molar-refractivity contribution in [2.24, 2.45) is 17.8 Å². The second kappa shape index (κ2) is 17.7. The summed E-state index contributed by atoms with van der Waals surface area (Å²) in [6.45, 7) is 8.65. The van der Waals surface area contributed by atoms with E-state index in [4.69, 9.17) is 9.47 Å². The summed E-state index contributed by atoms with van der Waals surface area (Å²) in [6.07, 6.45) is 5.53. The number of likely N-dealkylation sites (N-methyl/N-ethyl adjacent to an activating group) is 1. The largest absolute Gasteiger partial charge is 0.444 e. The maximum atomic E-state index is 14.6. The van der Waals surface area contributed by atoms with Gasteiger partial charge in [0.15, 0.2) is 0 Å². The van der Waals surface area contributed by atoms with Gasteiger partial charge in [0.2, 0.25) is 29.4 Å². The van der Waals surface area contributed by atoms with Crippen LogP contribution in [-0.4, -0.2) is 114 Å². The van der Waals surface area contributed by atoms with E-state index in [1.54, 1.807) is 65.2 Å². The molecule has 4 fully saturated rings. The van der Waals surface area contributed by atoms with E-state index in [1.807, 2.05) is 13.8 Å². The smallest absolute Gasteiger partial charge is 0.408 e. The summed E-state index contributed by atoms with van der Waals surface area (Å²) in [5.74, 6) is -4.42. The maximum absolute atomic E-state index is 14.6. The van der Waals surface area contributed by atoms with Gasteiger partial charge < -0.3 is 40.5 Å². The quantitative estimate of drug-likeness (QED) is 0.206. The van der Waals surface area contributed by atoms with Crippen LogP contribution in [0.5, 0.6) is 0 Å². The Morgan fingerprint density at radius 2 is 1.59 bits per heavy atom. The number of ketones is 1. The third kappa shape index (κ3) is 11.1. The monoisotopic (exact) mass is 780 g/mol. The third-order valence-electron chi connectivity index (χ3n) is 11.1. The number of carbonyl (C=O) groups is 7. The zero-order chi connectivity index (χ0) is 40.9. The molecule has 15 heteroatoms. The number of alkyl carbamates (subject to hydrolysis) is 1. The van der Waals surface area contributed by atoms with Crippen molar-refractivity contribution in [3.05, 3.63) is 35.9 Å². The molecule has 4 N–H and O–H groups in total. The van der Waals surface area contributed by atoms with Gasteiger partial charge in [0.05, 0.1) is 24.3 Å². The normalized spacial score (nSPS) is 23.5. The second-order valence-corrected chi connectivity index (χ2v) is 17.7. The summed E-state index contributed by atoms with van der Waals surface area (Å²) in [5.41, 5.74) is -0.787. The Hall–Kier alpha value is -4.53. The van der Waals surface area contributed by atoms with Gasteiger partial charge in [0.25, 0.3) is 5.91 Å². The number of nitrogens with one attached hydrogen (secondary N) is 4. The summed E-state index contributed by atoms with van der Waals surface area (Å²) in [6, 6.07) is 4.51. The van der Waals surface area contributed by atoms with Gasteiger partial charge in [0, 0.05) is 26.6 Å². The number of rotatable bonds is 14. The Labute approximate surface area is 329 Å². The van der Waals surface area contributed by atoms with Crippen molar-refractivity contribution in [3.63, 3.8) is 0 Å². The molecule has 2 aliphatic carbocycles. The fourth-order valence-electron chi connectivity index (χ4n) is 8.28. The van der Waals surface area contributed by atoms with Gasteiger partial charge in [0.1, 0.15) is 23.7 Å². The molecule has 2 unspecified atom stereocenters. The molecule has 2 heterocycles. The molecule has 0 radical (unpaired) electrons. The van der Waals surface area contributed by atoms with E-state index in [0.29, 0.717) is 12.0 Å². The molecule has 1 aromatic carbocycles. The van der Waals surface area contributed by atoms with Gasteiger partial charge in [-0.25, -0.2) is 4.79 Å². The lowest BCUT2D eigenvalue weighted by Gasteiger charge is -2.36. The average Bonchev–Trinajstić information content (AvgIpc) is 3.82. The van der Waals surface area contributed by atoms with Gasteiger partial charge in [-0.2, -0.15) is 0 Å². The maximum Gasteiger partial charge on any atom is 0.408 e. The highest BCUT2D eigenvalue weighted by Crippen LogP contribution is 2.44. The minimum Gasteiger partial charge on any atom is -0.444 e. The Bertz CT molecular complexity index is 1630. The highest BCUT2D eigenvalue weighted by molar-refractivity contribution is 6.38. The summed E-state index contributed by atoms with van der Waals surface area (Å²) in [5, 5.41) is 10.7. The number of carbonyl (C=O) groups excluding carboxylic acids is 7. The van der Waals surface area contributed by atoms with Crippen LogP contribution >= 0.6 is 0 Å². The van der Waals surface area contributed by atoms with Crippen molar-refractivity contribution in [1.82, 2.24) is 31.1 Å². The first kappa shape index (κ1) is 42.6. The van der Waals surface area contributed by atoms with E-state index >= 15 is 0 Å². The van der Waals surface area contributed by atoms with Crippen LogP contribution in [0.3, 0.4) is 0 Å². The third-order valence-corrected chi connectivity index (χ3v) is 11.1. The van der Waals surface area contributed by atoms with Gasteiger partial charge in [-0.3, -0.25) is 28.8 Å². The molecule has 0 bridgehead atoms. The average molecular weight is 781 g/mol. The minimum atomic E-state index is -1.20. The lowest BCUT2D eigenvalue weighted by Crippen LogP contribution is -2.59. The molecule has 2 saturated carbocycles. The van der Waals surface area contributed by atoms with Crippen molar-refractivity contribution in [2.45, 2.75) is 134 Å². The lowest BCUT2D eigenvalue weighted by molar-refractivity contribution is -0.145. The van der Waals surface area contributed by atoms with Crippen LogP contribution in [0, 0.1) is 17.8 Å². The standard InChI is InChI=1S/C41H60N6O9/c1-40(2,3)56-39(54)45-32(26-16-12-9-13-17-26)38(53)47-23-29-27(21-41(4,5)55-29)33(47)35(50)43-28(20-24-18-19-24)34(49)36(51)42-22-30(48)44-31(37(52)46(6)7)25-14-10-8-11-15-25/h8,10-11,14-15,24,26-29,31-33H,9,12-13,16-23H2,1-7H3,(H,42,51)(H,43,50)(H,44,48)(H,45,54)/t27?,28?,29-,31-,32-,33-/m0/s1. The molecule has 2 saturated heterocycles. The van der Waals surface area contributed by atoms with E-state index in [-0.39, 0.29) is 36.6 Å². The number of Topliss-reactive ketones (excluding diaryl/α,β-unsaturated/α-hetero) is 1. The summed E-state index contributed by atoms with van der Waals surface area (Å²) < 4.78 is 11.9. The number of likely N-dealkylation sites (tertiary alicyclic amines) is 1. The number of fused-ring (bicyclic) bond motifs is 1. The van der Waals surface area contributed by atoms with Crippen LogP contribution in [0.1, 0.15) is 104 Å². The molecule has 2 aliphatic heterocycles. The summed E-state index contributed by atoms with van der Waals surface area (Å²) in [4.78, 5) is 97.8. The predicted molar refractivity (Wildman–Crippen MR) is 206 cm³/mol. The molecule has 0 spiro atoms. The van der Waals surface area contributed by atoms with E-state index in [9.17, 15) is 33.6 Å². The van der Waals surface area contributed by atoms with Crippen molar-refractivity contribution < 1.29 is 43.0 Å². The molecule has 56 heavy (non-hydrogen) atoms. The highest BCUT2D eigenvalue weighted by atomic mass is 16.6. The van der Waals surface area contributed by atoms with Crippen molar-refractivity contribution >= 4 is 41.4 Å². The van der Waals surface area contributed by atoms with Crippen LogP contribution in [0.4, 0.5) is 4.79 Å².